The average molecular weight is 266 g/mol. The molecule has 0 aromatic carbocycles. The van der Waals surface area contributed by atoms with Gasteiger partial charge in [0.15, 0.2) is 16.7 Å². The largest absolute Gasteiger partial charge is 0.486 e. The van der Waals surface area contributed by atoms with E-state index < -0.39 is 0 Å². The van der Waals surface area contributed by atoms with Crippen molar-refractivity contribution >= 4 is 17.4 Å². The van der Waals surface area contributed by atoms with E-state index in [9.17, 15) is 4.79 Å². The number of hydrogen-bond acceptors (Lipinski definition) is 3. The van der Waals surface area contributed by atoms with Crippen molar-refractivity contribution in [2.75, 3.05) is 6.61 Å². The summed E-state index contributed by atoms with van der Waals surface area (Å²) in [5, 5.41) is 0.344. The second-order valence-electron chi connectivity index (χ2n) is 4.32. The molecule has 0 atom stereocenters. The van der Waals surface area contributed by atoms with Crippen molar-refractivity contribution < 1.29 is 9.53 Å². The highest BCUT2D eigenvalue weighted by Gasteiger charge is 2.14. The van der Waals surface area contributed by atoms with E-state index in [1.54, 1.807) is 6.20 Å². The molecule has 0 aliphatic heterocycles. The summed E-state index contributed by atoms with van der Waals surface area (Å²) in [6.45, 7) is 2.33. The van der Waals surface area contributed by atoms with Gasteiger partial charge in [0.05, 0.1) is 0 Å². The monoisotopic (exact) mass is 265 g/mol. The standard InChI is InChI=1S/C14H16ClNO2/c1-2-10-7-13(14(15)16-8-10)18-9-11-5-3-4-6-12(11)17/h5,7-8H,2-4,6,9H2,1H3. The normalized spacial score (nSPS) is 15.4. The molecule has 1 aromatic rings. The molecule has 4 heteroatoms. The zero-order valence-corrected chi connectivity index (χ0v) is 11.2. The number of ketones is 1. The van der Waals surface area contributed by atoms with Gasteiger partial charge >= 0.3 is 0 Å². The lowest BCUT2D eigenvalue weighted by molar-refractivity contribution is -0.116. The minimum Gasteiger partial charge on any atom is -0.486 e. The van der Waals surface area contributed by atoms with E-state index in [0.29, 0.717) is 17.3 Å². The highest BCUT2D eigenvalue weighted by atomic mass is 35.5. The van der Waals surface area contributed by atoms with Gasteiger partial charge in [-0.05, 0) is 30.9 Å². The second kappa shape index (κ2) is 6.01. The maximum atomic E-state index is 11.6. The Hall–Kier alpha value is -1.35. The molecule has 1 aliphatic rings. The highest BCUT2D eigenvalue weighted by Crippen LogP contribution is 2.24. The van der Waals surface area contributed by atoms with Crippen LogP contribution in [0.5, 0.6) is 5.75 Å². The zero-order chi connectivity index (χ0) is 13.0. The lowest BCUT2D eigenvalue weighted by Crippen LogP contribution is -2.14. The predicted octanol–water partition coefficient (Wildman–Crippen LogP) is 3.36. The Balaban J connectivity index is 2.05. The number of aryl methyl sites for hydroxylation is 1. The molecule has 0 unspecified atom stereocenters. The van der Waals surface area contributed by atoms with Gasteiger partial charge in [-0.3, -0.25) is 4.79 Å². The van der Waals surface area contributed by atoms with Gasteiger partial charge in [-0.1, -0.05) is 24.6 Å². The molecular weight excluding hydrogens is 250 g/mol. The number of carbonyl (C=O) groups is 1. The highest BCUT2D eigenvalue weighted by molar-refractivity contribution is 6.30. The molecule has 0 spiro atoms. The summed E-state index contributed by atoms with van der Waals surface area (Å²) >= 11 is 5.97. The van der Waals surface area contributed by atoms with Crippen LogP contribution >= 0.6 is 11.6 Å². The summed E-state index contributed by atoms with van der Waals surface area (Å²) in [5.41, 5.74) is 1.82. The molecule has 1 aromatic heterocycles. The number of allylic oxidation sites excluding steroid dienone is 1. The third-order valence-corrected chi connectivity index (χ3v) is 3.30. The summed E-state index contributed by atoms with van der Waals surface area (Å²) in [7, 11) is 0. The summed E-state index contributed by atoms with van der Waals surface area (Å²) in [4.78, 5) is 15.7. The van der Waals surface area contributed by atoms with E-state index in [2.05, 4.69) is 4.98 Å². The Morgan fingerprint density at radius 2 is 2.33 bits per heavy atom. The predicted molar refractivity (Wildman–Crippen MR) is 71.1 cm³/mol. The van der Waals surface area contributed by atoms with E-state index in [1.165, 1.54) is 0 Å². The van der Waals surface area contributed by atoms with Crippen LogP contribution in [0.1, 0.15) is 31.7 Å². The fraction of sp³-hybridized carbons (Fsp3) is 0.429. The van der Waals surface area contributed by atoms with Crippen LogP contribution in [0.2, 0.25) is 5.15 Å². The number of carbonyl (C=O) groups excluding carboxylic acids is 1. The van der Waals surface area contributed by atoms with Gasteiger partial charge in [0.25, 0.3) is 0 Å². The van der Waals surface area contributed by atoms with Gasteiger partial charge in [0.2, 0.25) is 0 Å². The molecule has 0 bridgehead atoms. The molecule has 0 amide bonds. The van der Waals surface area contributed by atoms with Crippen molar-refractivity contribution in [1.29, 1.82) is 0 Å². The lowest BCUT2D eigenvalue weighted by Gasteiger charge is -2.13. The van der Waals surface area contributed by atoms with Crippen LogP contribution in [0.3, 0.4) is 0 Å². The fourth-order valence-corrected chi connectivity index (χ4v) is 2.03. The minimum absolute atomic E-state index is 0.178. The van der Waals surface area contributed by atoms with Crippen LogP contribution in [0.4, 0.5) is 0 Å². The quantitative estimate of drug-likeness (QED) is 0.784. The molecule has 2 rings (SSSR count). The topological polar surface area (TPSA) is 39.2 Å². The molecule has 0 saturated carbocycles. The number of rotatable bonds is 4. The Bertz CT molecular complexity index is 483. The molecule has 18 heavy (non-hydrogen) atoms. The third kappa shape index (κ3) is 3.10. The third-order valence-electron chi connectivity index (χ3n) is 3.01. The van der Waals surface area contributed by atoms with Crippen LogP contribution < -0.4 is 4.74 Å². The van der Waals surface area contributed by atoms with Crippen molar-refractivity contribution in [2.24, 2.45) is 0 Å². The summed E-state index contributed by atoms with van der Waals surface area (Å²) in [5.74, 6) is 0.729. The van der Waals surface area contributed by atoms with Crippen LogP contribution in [0, 0.1) is 0 Å². The minimum atomic E-state index is 0.178. The smallest absolute Gasteiger partial charge is 0.171 e. The van der Waals surface area contributed by atoms with Crippen molar-refractivity contribution in [3.8, 4) is 5.75 Å². The first-order valence-electron chi connectivity index (χ1n) is 6.20. The number of pyridine rings is 1. The zero-order valence-electron chi connectivity index (χ0n) is 10.4. The van der Waals surface area contributed by atoms with Gasteiger partial charge < -0.3 is 4.74 Å². The van der Waals surface area contributed by atoms with Crippen LogP contribution in [-0.2, 0) is 11.2 Å². The Labute approximate surface area is 112 Å². The van der Waals surface area contributed by atoms with E-state index >= 15 is 0 Å². The molecule has 1 heterocycles. The number of nitrogens with zero attached hydrogens (tertiary/aromatic N) is 1. The van der Waals surface area contributed by atoms with Crippen LogP contribution in [-0.4, -0.2) is 17.4 Å². The van der Waals surface area contributed by atoms with E-state index in [-0.39, 0.29) is 12.4 Å². The Morgan fingerprint density at radius 3 is 3.06 bits per heavy atom. The van der Waals surface area contributed by atoms with Gasteiger partial charge in [0, 0.05) is 18.2 Å². The molecule has 3 nitrogen and oxygen atoms in total. The number of Topliss-reactive ketones (excluding diaryl/α,β-unsaturated/α-hetero) is 1. The summed E-state index contributed by atoms with van der Waals surface area (Å²) in [6.07, 6.45) is 7.08. The molecule has 96 valence electrons. The summed E-state index contributed by atoms with van der Waals surface area (Å²) < 4.78 is 5.61. The Morgan fingerprint density at radius 1 is 1.50 bits per heavy atom. The number of halogens is 1. The van der Waals surface area contributed by atoms with E-state index in [4.69, 9.17) is 16.3 Å². The first-order chi connectivity index (χ1) is 8.70. The van der Waals surface area contributed by atoms with Gasteiger partial charge in [0.1, 0.15) is 6.61 Å². The maximum absolute atomic E-state index is 11.6. The lowest BCUT2D eigenvalue weighted by atomic mass is 9.99. The van der Waals surface area contributed by atoms with Crippen LogP contribution in [0.25, 0.3) is 0 Å². The molecular formula is C14H16ClNO2. The summed E-state index contributed by atoms with van der Waals surface area (Å²) in [6, 6.07) is 1.88. The van der Waals surface area contributed by atoms with Crippen molar-refractivity contribution in [3.63, 3.8) is 0 Å². The molecule has 0 fully saturated rings. The second-order valence-corrected chi connectivity index (χ2v) is 4.68. The fourth-order valence-electron chi connectivity index (χ4n) is 1.87. The van der Waals surface area contributed by atoms with Crippen molar-refractivity contribution in [2.45, 2.75) is 32.6 Å². The number of ether oxygens (including phenoxy) is 1. The van der Waals surface area contributed by atoms with Crippen LogP contribution in [0.15, 0.2) is 23.9 Å². The Kier molecular flexibility index (Phi) is 4.37. The van der Waals surface area contributed by atoms with Gasteiger partial charge in [-0.25, -0.2) is 4.98 Å². The molecule has 0 radical (unpaired) electrons. The van der Waals surface area contributed by atoms with Gasteiger partial charge in [-0.2, -0.15) is 0 Å². The SMILES string of the molecule is CCc1cnc(Cl)c(OCC2=CCCCC2=O)c1. The van der Waals surface area contributed by atoms with Gasteiger partial charge in [-0.15, -0.1) is 0 Å². The first kappa shape index (κ1) is 13.1. The molecule has 0 saturated heterocycles. The first-order valence-corrected chi connectivity index (χ1v) is 6.58. The number of aromatic nitrogens is 1. The molecule has 0 N–H and O–H groups in total. The van der Waals surface area contributed by atoms with Crippen molar-refractivity contribution in [1.82, 2.24) is 4.98 Å². The van der Waals surface area contributed by atoms with E-state index in [0.717, 1.165) is 30.4 Å². The average Bonchev–Trinajstić information content (AvgIpc) is 2.39. The molecule has 1 aliphatic carbocycles. The van der Waals surface area contributed by atoms with Crippen molar-refractivity contribution in [3.05, 3.63) is 34.6 Å². The van der Waals surface area contributed by atoms with E-state index in [1.807, 2.05) is 19.1 Å². The number of hydrogen-bond donors (Lipinski definition) is 0. The maximum Gasteiger partial charge on any atom is 0.171 e.